The highest BCUT2D eigenvalue weighted by Gasteiger charge is 2.35. The highest BCUT2D eigenvalue weighted by atomic mass is 16.5. The van der Waals surface area contributed by atoms with Crippen LogP contribution in [0.25, 0.3) is 11.1 Å². The first-order chi connectivity index (χ1) is 36.9. The lowest BCUT2D eigenvalue weighted by Gasteiger charge is -2.19. The number of anilines is 1. The van der Waals surface area contributed by atoms with Crippen molar-refractivity contribution in [1.82, 2.24) is 25.3 Å². The minimum absolute atomic E-state index is 0.178. The number of amides is 7. The van der Waals surface area contributed by atoms with Gasteiger partial charge in [0.2, 0.25) is 17.7 Å². The number of nitrogens with one attached hydrogen (secondary N) is 3. The SMILES string of the molecule is COc1ccc(C2=CN3C(=O)c4cc(OC)c(OCCCOc5cc6c(cc5OC)C(=O)N5C=C(c7ccc(NC(=O)CNC(=O)CNC(=O)CCCCCN8C(=O)C=CC8=O)cc7)CC5C=N6)cc4N=CC3C2)cc1. The van der Waals surface area contributed by atoms with Gasteiger partial charge < -0.3 is 49.4 Å². The van der Waals surface area contributed by atoms with Crippen molar-refractivity contribution in [2.75, 3.05) is 59.5 Å². The van der Waals surface area contributed by atoms with Gasteiger partial charge in [-0.3, -0.25) is 48.4 Å². The van der Waals surface area contributed by atoms with E-state index in [0.717, 1.165) is 32.9 Å². The van der Waals surface area contributed by atoms with Gasteiger partial charge in [0.25, 0.3) is 23.6 Å². The number of benzene rings is 4. The van der Waals surface area contributed by atoms with Gasteiger partial charge in [-0.25, -0.2) is 0 Å². The zero-order valence-electron chi connectivity index (χ0n) is 42.2. The number of rotatable bonds is 22. The van der Waals surface area contributed by atoms with Gasteiger partial charge in [-0.1, -0.05) is 30.7 Å². The van der Waals surface area contributed by atoms with E-state index in [2.05, 4.69) is 16.0 Å². The molecule has 392 valence electrons. The van der Waals surface area contributed by atoms with Crippen LogP contribution in [0.4, 0.5) is 17.1 Å². The number of fused-ring (bicyclic) bond motifs is 4. The summed E-state index contributed by atoms with van der Waals surface area (Å²) in [5.41, 5.74) is 5.95. The molecule has 0 saturated heterocycles. The Kier molecular flexibility index (Phi) is 16.0. The molecule has 3 N–H and O–H groups in total. The molecule has 20 nitrogen and oxygen atoms in total. The second-order valence-electron chi connectivity index (χ2n) is 18.3. The highest BCUT2D eigenvalue weighted by Crippen LogP contribution is 2.42. The van der Waals surface area contributed by atoms with E-state index in [-0.39, 0.29) is 80.9 Å². The first kappa shape index (κ1) is 51.8. The Labute approximate surface area is 438 Å². The smallest absolute Gasteiger partial charge is 0.260 e. The molecule has 0 spiro atoms. The molecule has 0 saturated carbocycles. The topological polar surface area (TPSA) is 236 Å². The number of carbonyl (C=O) groups excluding carboxylic acids is 7. The third-order valence-corrected chi connectivity index (χ3v) is 13.3. The lowest BCUT2D eigenvalue weighted by molar-refractivity contribution is -0.137. The van der Waals surface area contributed by atoms with Crippen molar-refractivity contribution in [2.24, 2.45) is 9.98 Å². The Morgan fingerprint density at radius 2 is 1.09 bits per heavy atom. The van der Waals surface area contributed by atoms with Crippen molar-refractivity contribution in [3.63, 3.8) is 0 Å². The molecule has 2 atom stereocenters. The molecule has 5 aliphatic rings. The maximum atomic E-state index is 14.0. The average Bonchev–Trinajstić information content (AvgIpc) is 4.13. The predicted molar refractivity (Wildman–Crippen MR) is 281 cm³/mol. The zero-order chi connectivity index (χ0) is 53.3. The first-order valence-electron chi connectivity index (χ1n) is 24.9. The van der Waals surface area contributed by atoms with E-state index in [1.165, 1.54) is 26.4 Å². The van der Waals surface area contributed by atoms with Gasteiger partial charge >= 0.3 is 0 Å². The highest BCUT2D eigenvalue weighted by molar-refractivity contribution is 6.13. The Bertz CT molecular complexity index is 3090. The maximum absolute atomic E-state index is 14.0. The van der Waals surface area contributed by atoms with Crippen molar-refractivity contribution >= 4 is 82.0 Å². The van der Waals surface area contributed by atoms with E-state index in [4.69, 9.17) is 33.7 Å². The Morgan fingerprint density at radius 1 is 0.579 bits per heavy atom. The van der Waals surface area contributed by atoms with E-state index < -0.39 is 11.8 Å². The number of imide groups is 1. The molecule has 20 heteroatoms. The number of methoxy groups -OCH3 is 3. The lowest BCUT2D eigenvalue weighted by atomic mass is 10.0. The summed E-state index contributed by atoms with van der Waals surface area (Å²) in [5.74, 6) is -0.0562. The largest absolute Gasteiger partial charge is 0.497 e. The molecule has 5 heterocycles. The molecule has 0 fully saturated rings. The maximum Gasteiger partial charge on any atom is 0.260 e. The molecule has 0 radical (unpaired) electrons. The van der Waals surface area contributed by atoms with Crippen LogP contribution in [0.2, 0.25) is 0 Å². The van der Waals surface area contributed by atoms with Crippen LogP contribution >= 0.6 is 0 Å². The van der Waals surface area contributed by atoms with E-state index >= 15 is 0 Å². The van der Waals surface area contributed by atoms with E-state index in [0.29, 0.717) is 89.7 Å². The molecule has 0 bridgehead atoms. The number of carbonyl (C=O) groups is 7. The third kappa shape index (κ3) is 11.8. The van der Waals surface area contributed by atoms with Crippen molar-refractivity contribution < 1.29 is 57.2 Å². The molecule has 0 aromatic heterocycles. The van der Waals surface area contributed by atoms with Gasteiger partial charge in [0, 0.05) is 87.0 Å². The third-order valence-electron chi connectivity index (χ3n) is 13.3. The van der Waals surface area contributed by atoms with Crippen molar-refractivity contribution in [1.29, 1.82) is 0 Å². The minimum atomic E-state index is -0.527. The average molecular weight is 1030 g/mol. The monoisotopic (exact) mass is 1030 g/mol. The number of unbranched alkanes of at least 4 members (excludes halogenated alkanes) is 2. The molecule has 4 aromatic carbocycles. The molecule has 2 unspecified atom stereocenters. The summed E-state index contributed by atoms with van der Waals surface area (Å²) in [6, 6.07) is 21.0. The van der Waals surface area contributed by atoms with Crippen LogP contribution in [0.15, 0.2) is 107 Å². The van der Waals surface area contributed by atoms with Gasteiger partial charge in [0.1, 0.15) is 5.75 Å². The number of hydrogen-bond acceptors (Lipinski definition) is 14. The van der Waals surface area contributed by atoms with Gasteiger partial charge in [-0.2, -0.15) is 0 Å². The van der Waals surface area contributed by atoms with Gasteiger partial charge in [-0.15, -0.1) is 0 Å². The normalized spacial score (nSPS) is 17.0. The van der Waals surface area contributed by atoms with E-state index in [1.54, 1.807) is 71.9 Å². The summed E-state index contributed by atoms with van der Waals surface area (Å²) in [5, 5.41) is 7.76. The van der Waals surface area contributed by atoms with Crippen LogP contribution in [0.3, 0.4) is 0 Å². The van der Waals surface area contributed by atoms with Crippen molar-refractivity contribution in [2.45, 2.75) is 57.0 Å². The second kappa shape index (κ2) is 23.4. The number of nitrogens with zero attached hydrogens (tertiary/aromatic N) is 5. The van der Waals surface area contributed by atoms with Crippen LogP contribution in [0, 0.1) is 0 Å². The molecular formula is C56H56N8O12. The van der Waals surface area contributed by atoms with E-state index in [9.17, 15) is 33.6 Å². The minimum Gasteiger partial charge on any atom is -0.497 e. The summed E-state index contributed by atoms with van der Waals surface area (Å²) >= 11 is 0. The van der Waals surface area contributed by atoms with E-state index in [1.807, 2.05) is 42.6 Å². The van der Waals surface area contributed by atoms with Crippen molar-refractivity contribution in [3.05, 3.63) is 120 Å². The number of ether oxygens (including phenoxy) is 5. The standard InChI is InChI=1S/C56H56N8O12/c1-72-41-15-11-35(12-16-41)37-23-40-29-58-45-27-49(47(74-3)25-43(45)56(71)64(40)33-37)76-21-7-20-75-48-26-44-42(24-46(48)73-2)55(70)63-32-36(22-39(63)28-57-44)34-9-13-38(14-10-34)61-52(67)31-60-51(66)30-59-50(65)8-5-4-6-19-62-53(68)17-18-54(62)69/h9-18,24-29,32-33,39-40H,4-8,19-23,30-31H2,1-3H3,(H,59,65)(H,60,66)(H,61,67). The fourth-order valence-electron chi connectivity index (χ4n) is 9.24. The number of aliphatic imine (C=N–C) groups is 2. The molecule has 7 amide bonds. The van der Waals surface area contributed by atoms with Crippen LogP contribution in [-0.2, 0) is 24.0 Å². The van der Waals surface area contributed by atoms with Crippen molar-refractivity contribution in [3.8, 4) is 28.7 Å². The molecule has 4 aromatic rings. The van der Waals surface area contributed by atoms with Crippen LogP contribution in [0.5, 0.6) is 28.7 Å². The Morgan fingerprint density at radius 3 is 1.62 bits per heavy atom. The van der Waals surface area contributed by atoms with Crippen LogP contribution in [-0.4, -0.2) is 135 Å². The summed E-state index contributed by atoms with van der Waals surface area (Å²) in [4.78, 5) is 102. The quantitative estimate of drug-likeness (QED) is 0.0593. The van der Waals surface area contributed by atoms with Crippen LogP contribution in [0.1, 0.15) is 76.8 Å². The molecule has 5 aliphatic heterocycles. The molecule has 9 rings (SSSR count). The summed E-state index contributed by atoms with van der Waals surface area (Å²) < 4.78 is 28.9. The summed E-state index contributed by atoms with van der Waals surface area (Å²) in [6.45, 7) is 0.196. The van der Waals surface area contributed by atoms with Gasteiger partial charge in [-0.05, 0) is 71.5 Å². The van der Waals surface area contributed by atoms with Crippen LogP contribution < -0.4 is 39.6 Å². The molecule has 0 aliphatic carbocycles. The Hall–Kier alpha value is -9.07. The fourth-order valence-corrected chi connectivity index (χ4v) is 9.24. The van der Waals surface area contributed by atoms with Gasteiger partial charge in [0.05, 0.1) is 82.2 Å². The predicted octanol–water partition coefficient (Wildman–Crippen LogP) is 6.16. The van der Waals surface area contributed by atoms with Gasteiger partial charge in [0.15, 0.2) is 23.0 Å². The molecular weight excluding hydrogens is 977 g/mol. The fraction of sp³-hybridized carbons (Fsp3) is 0.304. The Balaban J connectivity index is 0.718. The summed E-state index contributed by atoms with van der Waals surface area (Å²) in [7, 11) is 4.64. The molecule has 76 heavy (non-hydrogen) atoms. The lowest BCUT2D eigenvalue weighted by Crippen LogP contribution is -2.40. The second-order valence-corrected chi connectivity index (χ2v) is 18.3. The number of hydrogen-bond donors (Lipinski definition) is 3. The zero-order valence-corrected chi connectivity index (χ0v) is 42.2. The first-order valence-corrected chi connectivity index (χ1v) is 24.9. The summed E-state index contributed by atoms with van der Waals surface area (Å²) in [6.07, 6.45) is 13.2.